The number of halogens is 2. The number of esters is 1. The highest BCUT2D eigenvalue weighted by atomic mass is 35.5. The Bertz CT molecular complexity index is 549. The summed E-state index contributed by atoms with van der Waals surface area (Å²) in [5, 5.41) is 4.64. The molecule has 3 nitrogen and oxygen atoms in total. The minimum atomic E-state index is -0.138. The minimum Gasteiger partial charge on any atom is -0.466 e. The molecule has 3 rings (SSSR count). The lowest BCUT2D eigenvalue weighted by Gasteiger charge is -2.36. The number of carbonyl (C=O) groups is 1. The largest absolute Gasteiger partial charge is 0.466 e. The SMILES string of the molecule is CCOC(=O)C1[C@@H](c2ccc(Cl)c(Cl)c2)C[C@@H]2CC[C@H]1N2. The second-order valence-corrected chi connectivity index (χ2v) is 6.66. The van der Waals surface area contributed by atoms with E-state index in [2.05, 4.69) is 5.32 Å². The third kappa shape index (κ3) is 2.92. The predicted molar refractivity (Wildman–Crippen MR) is 83.9 cm³/mol. The summed E-state index contributed by atoms with van der Waals surface area (Å²) >= 11 is 12.1. The number of benzene rings is 1. The number of nitrogens with one attached hydrogen (secondary N) is 1. The van der Waals surface area contributed by atoms with Crippen molar-refractivity contribution in [2.75, 3.05) is 6.61 Å². The van der Waals surface area contributed by atoms with Crippen molar-refractivity contribution in [2.24, 2.45) is 5.92 Å². The highest BCUT2D eigenvalue weighted by Crippen LogP contribution is 2.43. The molecule has 0 radical (unpaired) electrons. The van der Waals surface area contributed by atoms with Crippen molar-refractivity contribution in [3.63, 3.8) is 0 Å². The molecule has 1 N–H and O–H groups in total. The van der Waals surface area contributed by atoms with Crippen molar-refractivity contribution in [3.05, 3.63) is 33.8 Å². The van der Waals surface area contributed by atoms with Crippen LogP contribution in [-0.4, -0.2) is 24.7 Å². The molecule has 21 heavy (non-hydrogen) atoms. The predicted octanol–water partition coefficient (Wildman–Crippen LogP) is 3.78. The zero-order valence-electron chi connectivity index (χ0n) is 11.9. The maximum Gasteiger partial charge on any atom is 0.311 e. The first kappa shape index (κ1) is 15.1. The molecule has 1 aromatic rings. The van der Waals surface area contributed by atoms with Gasteiger partial charge in [0.1, 0.15) is 0 Å². The van der Waals surface area contributed by atoms with Crippen LogP contribution in [0.3, 0.4) is 0 Å². The lowest BCUT2D eigenvalue weighted by Crippen LogP contribution is -2.48. The third-order valence-electron chi connectivity index (χ3n) is 4.61. The summed E-state index contributed by atoms with van der Waals surface area (Å²) in [5.74, 6) is -0.0927. The van der Waals surface area contributed by atoms with Crippen LogP contribution in [0.4, 0.5) is 0 Å². The molecule has 114 valence electrons. The highest BCUT2D eigenvalue weighted by Gasteiger charge is 2.46. The smallest absolute Gasteiger partial charge is 0.311 e. The van der Waals surface area contributed by atoms with E-state index in [1.54, 1.807) is 0 Å². The van der Waals surface area contributed by atoms with Gasteiger partial charge in [-0.2, -0.15) is 0 Å². The molecule has 0 saturated carbocycles. The number of ether oxygens (including phenoxy) is 1. The Kier molecular flexibility index (Phi) is 4.43. The minimum absolute atomic E-state index is 0.105. The number of piperidine rings is 1. The number of hydrogen-bond acceptors (Lipinski definition) is 3. The van der Waals surface area contributed by atoms with Crippen molar-refractivity contribution in [3.8, 4) is 0 Å². The number of fused-ring (bicyclic) bond motifs is 2. The molecular weight excluding hydrogens is 309 g/mol. The van der Waals surface area contributed by atoms with E-state index in [1.807, 2.05) is 25.1 Å². The Labute approximate surface area is 135 Å². The molecule has 4 atom stereocenters. The molecule has 0 aromatic heterocycles. The summed E-state index contributed by atoms with van der Waals surface area (Å²) in [5.41, 5.74) is 1.08. The lowest BCUT2D eigenvalue weighted by atomic mass is 9.77. The van der Waals surface area contributed by atoms with Crippen molar-refractivity contribution in [1.82, 2.24) is 5.32 Å². The first-order valence-corrected chi connectivity index (χ1v) is 8.23. The van der Waals surface area contributed by atoms with Gasteiger partial charge in [0.2, 0.25) is 0 Å². The van der Waals surface area contributed by atoms with E-state index >= 15 is 0 Å². The van der Waals surface area contributed by atoms with E-state index in [9.17, 15) is 4.79 Å². The van der Waals surface area contributed by atoms with Gasteiger partial charge in [0.25, 0.3) is 0 Å². The van der Waals surface area contributed by atoms with Crippen LogP contribution < -0.4 is 5.32 Å². The van der Waals surface area contributed by atoms with Crippen molar-refractivity contribution >= 4 is 29.2 Å². The van der Waals surface area contributed by atoms with Gasteiger partial charge >= 0.3 is 5.97 Å². The van der Waals surface area contributed by atoms with E-state index in [0.717, 1.165) is 24.8 Å². The van der Waals surface area contributed by atoms with Crippen molar-refractivity contribution in [1.29, 1.82) is 0 Å². The lowest BCUT2D eigenvalue weighted by molar-refractivity contribution is -0.150. The normalized spacial score (nSPS) is 31.2. The van der Waals surface area contributed by atoms with Crippen LogP contribution in [0, 0.1) is 5.92 Å². The Hall–Kier alpha value is -0.770. The molecule has 2 heterocycles. The molecule has 2 aliphatic heterocycles. The van der Waals surface area contributed by atoms with Gasteiger partial charge < -0.3 is 10.1 Å². The molecule has 2 bridgehead atoms. The molecule has 1 unspecified atom stereocenters. The van der Waals surface area contributed by atoms with Crippen LogP contribution >= 0.6 is 23.2 Å². The molecule has 2 aliphatic rings. The Morgan fingerprint density at radius 3 is 2.86 bits per heavy atom. The molecule has 2 fully saturated rings. The second kappa shape index (κ2) is 6.15. The van der Waals surface area contributed by atoms with Crippen LogP contribution in [0.2, 0.25) is 10.0 Å². The van der Waals surface area contributed by atoms with Gasteiger partial charge in [-0.15, -0.1) is 0 Å². The number of rotatable bonds is 3. The van der Waals surface area contributed by atoms with Crippen LogP contribution in [0.15, 0.2) is 18.2 Å². The Balaban J connectivity index is 1.93. The van der Waals surface area contributed by atoms with E-state index in [-0.39, 0.29) is 23.8 Å². The fraction of sp³-hybridized carbons (Fsp3) is 0.562. The monoisotopic (exact) mass is 327 g/mol. The second-order valence-electron chi connectivity index (χ2n) is 5.84. The molecule has 2 saturated heterocycles. The standard InChI is InChI=1S/C16H19Cl2NO2/c1-2-21-16(20)15-11(8-10-4-6-14(15)19-10)9-3-5-12(17)13(18)7-9/h3,5,7,10-11,14-15,19H,2,4,6,8H2,1H3/t10-,11+,14+,15?/m0/s1. The van der Waals surface area contributed by atoms with Crippen molar-refractivity contribution < 1.29 is 9.53 Å². The fourth-order valence-electron chi connectivity index (χ4n) is 3.71. The van der Waals surface area contributed by atoms with Gasteiger partial charge in [-0.05, 0) is 43.9 Å². The van der Waals surface area contributed by atoms with Crippen LogP contribution in [-0.2, 0) is 9.53 Å². The maximum absolute atomic E-state index is 12.4. The first-order valence-electron chi connectivity index (χ1n) is 7.47. The van der Waals surface area contributed by atoms with Gasteiger partial charge in [0, 0.05) is 18.0 Å². The van der Waals surface area contributed by atoms with E-state index in [0.29, 0.717) is 22.7 Å². The van der Waals surface area contributed by atoms with E-state index in [1.165, 1.54) is 0 Å². The molecular formula is C16H19Cl2NO2. The van der Waals surface area contributed by atoms with Crippen LogP contribution in [0.25, 0.3) is 0 Å². The Morgan fingerprint density at radius 2 is 2.14 bits per heavy atom. The summed E-state index contributed by atoms with van der Waals surface area (Å²) in [7, 11) is 0. The summed E-state index contributed by atoms with van der Waals surface area (Å²) in [6.45, 7) is 2.26. The average molecular weight is 328 g/mol. The van der Waals surface area contributed by atoms with Crippen LogP contribution in [0.5, 0.6) is 0 Å². The topological polar surface area (TPSA) is 38.3 Å². The summed E-state index contributed by atoms with van der Waals surface area (Å²) < 4.78 is 5.30. The molecule has 0 amide bonds. The summed E-state index contributed by atoms with van der Waals surface area (Å²) in [6, 6.07) is 6.38. The van der Waals surface area contributed by atoms with Gasteiger partial charge in [-0.1, -0.05) is 29.3 Å². The fourth-order valence-corrected chi connectivity index (χ4v) is 4.01. The zero-order valence-corrected chi connectivity index (χ0v) is 13.5. The van der Waals surface area contributed by atoms with Gasteiger partial charge in [-0.25, -0.2) is 0 Å². The zero-order chi connectivity index (χ0) is 15.0. The van der Waals surface area contributed by atoms with E-state index < -0.39 is 0 Å². The van der Waals surface area contributed by atoms with E-state index in [4.69, 9.17) is 27.9 Å². The first-order chi connectivity index (χ1) is 10.1. The number of carbonyl (C=O) groups excluding carboxylic acids is 1. The molecule has 0 spiro atoms. The van der Waals surface area contributed by atoms with Gasteiger partial charge in [0.15, 0.2) is 0 Å². The average Bonchev–Trinajstić information content (AvgIpc) is 2.83. The number of hydrogen-bond donors (Lipinski definition) is 1. The molecule has 5 heteroatoms. The van der Waals surface area contributed by atoms with Crippen LogP contribution in [0.1, 0.15) is 37.7 Å². The van der Waals surface area contributed by atoms with Gasteiger partial charge in [-0.3, -0.25) is 4.79 Å². The molecule has 1 aromatic carbocycles. The summed E-state index contributed by atoms with van der Waals surface area (Å²) in [6.07, 6.45) is 3.10. The maximum atomic E-state index is 12.4. The van der Waals surface area contributed by atoms with Gasteiger partial charge in [0.05, 0.1) is 22.6 Å². The summed E-state index contributed by atoms with van der Waals surface area (Å²) in [4.78, 5) is 12.4. The molecule has 0 aliphatic carbocycles. The Morgan fingerprint density at radius 1 is 1.33 bits per heavy atom. The highest BCUT2D eigenvalue weighted by molar-refractivity contribution is 6.42. The quantitative estimate of drug-likeness (QED) is 0.858. The van der Waals surface area contributed by atoms with Crippen molar-refractivity contribution in [2.45, 2.75) is 44.2 Å². The third-order valence-corrected chi connectivity index (χ3v) is 5.35.